The summed E-state index contributed by atoms with van der Waals surface area (Å²) in [5, 5.41) is 14.4. The van der Waals surface area contributed by atoms with Gasteiger partial charge in [-0.25, -0.2) is 4.79 Å². The fourth-order valence-electron chi connectivity index (χ4n) is 2.50. The number of carboxylic acid groups (broad SMARTS) is 1. The van der Waals surface area contributed by atoms with Crippen LogP contribution in [-0.4, -0.2) is 53.7 Å². The summed E-state index contributed by atoms with van der Waals surface area (Å²) < 4.78 is 0. The molecule has 0 aliphatic carbocycles. The van der Waals surface area contributed by atoms with Gasteiger partial charge in [0.2, 0.25) is 0 Å². The van der Waals surface area contributed by atoms with Gasteiger partial charge in [0.25, 0.3) is 0 Å². The second kappa shape index (κ2) is 6.23. The van der Waals surface area contributed by atoms with Crippen molar-refractivity contribution in [2.45, 2.75) is 45.2 Å². The molecule has 1 saturated heterocycles. The van der Waals surface area contributed by atoms with Crippen LogP contribution in [0.15, 0.2) is 0 Å². The molecule has 0 bridgehead atoms. The van der Waals surface area contributed by atoms with E-state index in [2.05, 4.69) is 29.5 Å². The number of nitrogens with one attached hydrogen (secondary N) is 2. The van der Waals surface area contributed by atoms with Crippen molar-refractivity contribution in [1.82, 2.24) is 15.5 Å². The quantitative estimate of drug-likeness (QED) is 0.709. The lowest BCUT2D eigenvalue weighted by Crippen LogP contribution is -2.55. The highest BCUT2D eigenvalue weighted by atomic mass is 16.4. The minimum atomic E-state index is -0.919. The Bertz CT molecular complexity index is 344. The summed E-state index contributed by atoms with van der Waals surface area (Å²) in [6.07, 6.45) is 0.827. The Kier molecular flexibility index (Phi) is 5.17. The summed E-state index contributed by atoms with van der Waals surface area (Å²) >= 11 is 0. The Labute approximate surface area is 114 Å². The maximum absolute atomic E-state index is 11.9. The molecule has 0 saturated carbocycles. The highest BCUT2D eigenvalue weighted by molar-refractivity contribution is 5.76. The molecule has 0 spiro atoms. The van der Waals surface area contributed by atoms with Gasteiger partial charge in [0.15, 0.2) is 0 Å². The molecule has 19 heavy (non-hydrogen) atoms. The first-order valence-corrected chi connectivity index (χ1v) is 6.68. The molecular formula is C13H25N3O3. The highest BCUT2D eigenvalue weighted by Gasteiger charge is 2.28. The molecular weight excluding hydrogens is 246 g/mol. The average molecular weight is 271 g/mol. The van der Waals surface area contributed by atoms with Crippen LogP contribution in [0.3, 0.4) is 0 Å². The van der Waals surface area contributed by atoms with Crippen LogP contribution >= 0.6 is 0 Å². The lowest BCUT2D eigenvalue weighted by Gasteiger charge is -2.36. The molecule has 3 N–H and O–H groups in total. The number of carbonyl (C=O) groups excluding carboxylic acids is 1. The van der Waals surface area contributed by atoms with Gasteiger partial charge in [0.05, 0.1) is 6.42 Å². The van der Waals surface area contributed by atoms with Gasteiger partial charge in [-0.3, -0.25) is 4.79 Å². The van der Waals surface area contributed by atoms with E-state index in [9.17, 15) is 9.59 Å². The molecule has 0 aromatic carbocycles. The number of likely N-dealkylation sites (tertiary alicyclic amines) is 1. The van der Waals surface area contributed by atoms with E-state index in [0.29, 0.717) is 5.92 Å². The second-order valence-electron chi connectivity index (χ2n) is 6.19. The molecule has 0 aromatic rings. The molecule has 2 atom stereocenters. The van der Waals surface area contributed by atoms with Crippen LogP contribution in [0.25, 0.3) is 0 Å². The Morgan fingerprint density at radius 3 is 2.58 bits per heavy atom. The minimum absolute atomic E-state index is 0.0939. The fourth-order valence-corrected chi connectivity index (χ4v) is 2.50. The minimum Gasteiger partial charge on any atom is -0.481 e. The van der Waals surface area contributed by atoms with E-state index in [0.717, 1.165) is 19.5 Å². The molecule has 6 nitrogen and oxygen atoms in total. The first kappa shape index (κ1) is 15.8. The zero-order valence-electron chi connectivity index (χ0n) is 12.2. The van der Waals surface area contributed by atoms with Gasteiger partial charge in [-0.2, -0.15) is 0 Å². The molecule has 1 aliphatic heterocycles. The molecule has 0 radical (unpaired) electrons. The SMILES string of the molecule is CC1CN(C)CCC1NC(=O)NC(C)(C)CC(=O)O. The van der Waals surface area contributed by atoms with Crippen molar-refractivity contribution in [1.29, 1.82) is 0 Å². The second-order valence-corrected chi connectivity index (χ2v) is 6.19. The molecule has 0 aromatic heterocycles. The third-order valence-electron chi connectivity index (χ3n) is 3.47. The summed E-state index contributed by atoms with van der Waals surface area (Å²) in [4.78, 5) is 24.8. The number of hydrogen-bond donors (Lipinski definition) is 3. The number of hydrogen-bond acceptors (Lipinski definition) is 3. The fraction of sp³-hybridized carbons (Fsp3) is 0.846. The Morgan fingerprint density at radius 1 is 1.42 bits per heavy atom. The van der Waals surface area contributed by atoms with Crippen LogP contribution < -0.4 is 10.6 Å². The number of amides is 2. The third kappa shape index (κ3) is 5.46. The van der Waals surface area contributed by atoms with E-state index >= 15 is 0 Å². The molecule has 1 heterocycles. The van der Waals surface area contributed by atoms with Crippen molar-refractivity contribution >= 4 is 12.0 Å². The summed E-state index contributed by atoms with van der Waals surface area (Å²) in [7, 11) is 2.07. The highest BCUT2D eigenvalue weighted by Crippen LogP contribution is 2.15. The molecule has 1 fully saturated rings. The zero-order chi connectivity index (χ0) is 14.6. The van der Waals surface area contributed by atoms with E-state index in [1.165, 1.54) is 0 Å². The Balaban J connectivity index is 2.44. The van der Waals surface area contributed by atoms with E-state index in [-0.39, 0.29) is 18.5 Å². The molecule has 2 amide bonds. The lowest BCUT2D eigenvalue weighted by molar-refractivity contribution is -0.138. The molecule has 110 valence electrons. The number of rotatable bonds is 4. The van der Waals surface area contributed by atoms with Crippen molar-refractivity contribution in [2.24, 2.45) is 5.92 Å². The number of piperidine rings is 1. The summed E-state index contributed by atoms with van der Waals surface area (Å²) in [5.41, 5.74) is -0.745. The standard InChI is InChI=1S/C13H25N3O3/c1-9-8-16(4)6-5-10(9)14-12(19)15-13(2,3)7-11(17)18/h9-10H,5-8H2,1-4H3,(H,17,18)(H2,14,15,19). The van der Waals surface area contributed by atoms with Crippen molar-refractivity contribution in [3.63, 3.8) is 0 Å². The van der Waals surface area contributed by atoms with Gasteiger partial charge >= 0.3 is 12.0 Å². The van der Waals surface area contributed by atoms with Crippen LogP contribution in [0.1, 0.15) is 33.6 Å². The van der Waals surface area contributed by atoms with E-state index in [4.69, 9.17) is 5.11 Å². The van der Waals surface area contributed by atoms with Crippen LogP contribution in [0.4, 0.5) is 4.79 Å². The van der Waals surface area contributed by atoms with Gasteiger partial charge in [0, 0.05) is 18.1 Å². The van der Waals surface area contributed by atoms with Crippen LogP contribution in [-0.2, 0) is 4.79 Å². The molecule has 2 unspecified atom stereocenters. The predicted molar refractivity (Wildman–Crippen MR) is 73.1 cm³/mol. The van der Waals surface area contributed by atoms with Crippen LogP contribution in [0.2, 0.25) is 0 Å². The van der Waals surface area contributed by atoms with Crippen molar-refractivity contribution in [3.8, 4) is 0 Å². The van der Waals surface area contributed by atoms with Crippen molar-refractivity contribution in [2.75, 3.05) is 20.1 Å². The van der Waals surface area contributed by atoms with Gasteiger partial charge in [-0.1, -0.05) is 6.92 Å². The van der Waals surface area contributed by atoms with Gasteiger partial charge in [-0.05, 0) is 39.8 Å². The maximum atomic E-state index is 11.9. The van der Waals surface area contributed by atoms with Gasteiger partial charge in [0.1, 0.15) is 0 Å². The van der Waals surface area contributed by atoms with Crippen LogP contribution in [0.5, 0.6) is 0 Å². The first-order valence-electron chi connectivity index (χ1n) is 6.68. The molecule has 6 heteroatoms. The topological polar surface area (TPSA) is 81.7 Å². The lowest BCUT2D eigenvalue weighted by atomic mass is 9.94. The Morgan fingerprint density at radius 2 is 2.05 bits per heavy atom. The number of aliphatic carboxylic acids is 1. The number of carboxylic acids is 1. The average Bonchev–Trinajstić information content (AvgIpc) is 2.19. The van der Waals surface area contributed by atoms with Crippen molar-refractivity contribution in [3.05, 3.63) is 0 Å². The molecule has 1 aliphatic rings. The zero-order valence-corrected chi connectivity index (χ0v) is 12.2. The first-order chi connectivity index (χ1) is 8.69. The van der Waals surface area contributed by atoms with E-state index in [1.807, 2.05) is 0 Å². The maximum Gasteiger partial charge on any atom is 0.315 e. The van der Waals surface area contributed by atoms with Crippen molar-refractivity contribution < 1.29 is 14.7 Å². The molecule has 1 rings (SSSR count). The monoisotopic (exact) mass is 271 g/mol. The smallest absolute Gasteiger partial charge is 0.315 e. The normalized spacial score (nSPS) is 24.8. The summed E-state index contributed by atoms with van der Waals surface area (Å²) in [5.74, 6) is -0.523. The van der Waals surface area contributed by atoms with E-state index < -0.39 is 11.5 Å². The summed E-state index contributed by atoms with van der Waals surface area (Å²) in [6.45, 7) is 7.46. The van der Waals surface area contributed by atoms with Crippen LogP contribution in [0, 0.1) is 5.92 Å². The van der Waals surface area contributed by atoms with Gasteiger partial charge in [-0.15, -0.1) is 0 Å². The largest absolute Gasteiger partial charge is 0.481 e. The number of carbonyl (C=O) groups is 2. The predicted octanol–water partition coefficient (Wildman–Crippen LogP) is 0.879. The number of nitrogens with zero attached hydrogens (tertiary/aromatic N) is 1. The third-order valence-corrected chi connectivity index (χ3v) is 3.47. The Hall–Kier alpha value is -1.30. The number of urea groups is 1. The van der Waals surface area contributed by atoms with E-state index in [1.54, 1.807) is 13.8 Å². The summed E-state index contributed by atoms with van der Waals surface area (Å²) in [6, 6.07) is -0.135. The van der Waals surface area contributed by atoms with Gasteiger partial charge < -0.3 is 20.6 Å².